The van der Waals surface area contributed by atoms with Crippen molar-refractivity contribution in [3.05, 3.63) is 54.1 Å². The number of carbonyl (C=O) groups excluding carboxylic acids is 2. The molecule has 8 heteroatoms. The number of amides is 3. The molecule has 3 amide bonds. The first kappa shape index (κ1) is 21.2. The molecule has 28 heavy (non-hydrogen) atoms. The van der Waals surface area contributed by atoms with Gasteiger partial charge in [-0.1, -0.05) is 0 Å². The lowest BCUT2D eigenvalue weighted by Gasteiger charge is -2.22. The highest BCUT2D eigenvalue weighted by atomic mass is 16.3. The summed E-state index contributed by atoms with van der Waals surface area (Å²) in [6.07, 6.45) is 0. The van der Waals surface area contributed by atoms with Crippen LogP contribution in [-0.2, 0) is 0 Å². The number of urea groups is 1. The van der Waals surface area contributed by atoms with E-state index >= 15 is 0 Å². The number of carbonyl (C=O) groups is 2. The second-order valence-electron chi connectivity index (χ2n) is 6.10. The lowest BCUT2D eigenvalue weighted by molar-refractivity contribution is 0.0685. The van der Waals surface area contributed by atoms with Crippen molar-refractivity contribution < 1.29 is 19.8 Å². The molecule has 2 rings (SSSR count). The van der Waals surface area contributed by atoms with E-state index in [2.05, 4.69) is 10.6 Å². The molecule has 0 aromatic heterocycles. The van der Waals surface area contributed by atoms with Crippen LogP contribution in [0, 0.1) is 0 Å². The van der Waals surface area contributed by atoms with Crippen LogP contribution < -0.4 is 15.5 Å². The number of nitrogens with zero attached hydrogens (tertiary/aromatic N) is 2. The Morgan fingerprint density at radius 2 is 1.39 bits per heavy atom. The standard InChI is InChI=1S/C20H26N4O4/c1-21-20(28)22-16-5-9-18(10-6-16)23(2)17-7-3-15(4-8-17)19(27)24(11-13-25)12-14-26/h3-10,25-26H,11-14H2,1-2H3,(H2,21,22,28). The number of aliphatic hydroxyl groups excluding tert-OH is 2. The molecule has 0 spiro atoms. The summed E-state index contributed by atoms with van der Waals surface area (Å²) in [6, 6.07) is 14.2. The van der Waals surface area contributed by atoms with E-state index in [1.54, 1.807) is 31.3 Å². The third-order valence-corrected chi connectivity index (χ3v) is 4.27. The van der Waals surface area contributed by atoms with Crippen molar-refractivity contribution in [1.82, 2.24) is 10.2 Å². The highest BCUT2D eigenvalue weighted by Gasteiger charge is 2.15. The molecule has 0 unspecified atom stereocenters. The quantitative estimate of drug-likeness (QED) is 0.552. The topological polar surface area (TPSA) is 105 Å². The first-order chi connectivity index (χ1) is 13.5. The van der Waals surface area contributed by atoms with Crippen LogP contribution in [0.1, 0.15) is 10.4 Å². The number of nitrogens with one attached hydrogen (secondary N) is 2. The van der Waals surface area contributed by atoms with Crippen molar-refractivity contribution in [3.8, 4) is 0 Å². The molecule has 0 aliphatic rings. The average Bonchev–Trinajstić information content (AvgIpc) is 2.73. The van der Waals surface area contributed by atoms with Crippen molar-refractivity contribution in [1.29, 1.82) is 0 Å². The maximum absolute atomic E-state index is 12.5. The summed E-state index contributed by atoms with van der Waals surface area (Å²) in [6.45, 7) is 0.0453. The lowest BCUT2D eigenvalue weighted by atomic mass is 10.1. The van der Waals surface area contributed by atoms with E-state index < -0.39 is 0 Å². The van der Waals surface area contributed by atoms with Crippen molar-refractivity contribution in [2.75, 3.05) is 50.6 Å². The van der Waals surface area contributed by atoms with Gasteiger partial charge in [0.25, 0.3) is 5.91 Å². The fourth-order valence-electron chi connectivity index (χ4n) is 2.68. The molecule has 0 aliphatic heterocycles. The second-order valence-corrected chi connectivity index (χ2v) is 6.10. The first-order valence-electron chi connectivity index (χ1n) is 8.93. The highest BCUT2D eigenvalue weighted by molar-refractivity contribution is 5.94. The molecule has 150 valence electrons. The Bertz CT molecular complexity index is 772. The van der Waals surface area contributed by atoms with Gasteiger partial charge in [-0.15, -0.1) is 0 Å². The van der Waals surface area contributed by atoms with E-state index in [0.717, 1.165) is 11.4 Å². The molecule has 0 saturated heterocycles. The van der Waals surface area contributed by atoms with E-state index in [1.807, 2.05) is 36.2 Å². The SMILES string of the molecule is CNC(=O)Nc1ccc(N(C)c2ccc(C(=O)N(CCO)CCO)cc2)cc1. The number of aliphatic hydroxyl groups is 2. The van der Waals surface area contributed by atoms with Crippen LogP contribution in [-0.4, -0.2) is 67.4 Å². The molecule has 4 N–H and O–H groups in total. The van der Waals surface area contributed by atoms with Crippen LogP contribution in [0.15, 0.2) is 48.5 Å². The summed E-state index contributed by atoms with van der Waals surface area (Å²) in [5, 5.41) is 23.3. The summed E-state index contributed by atoms with van der Waals surface area (Å²) < 4.78 is 0. The third kappa shape index (κ3) is 5.45. The van der Waals surface area contributed by atoms with Gasteiger partial charge in [0.1, 0.15) is 0 Å². The molecular weight excluding hydrogens is 360 g/mol. The van der Waals surface area contributed by atoms with Gasteiger partial charge in [-0.05, 0) is 48.5 Å². The largest absolute Gasteiger partial charge is 0.395 e. The molecule has 0 fully saturated rings. The zero-order valence-electron chi connectivity index (χ0n) is 16.1. The maximum atomic E-state index is 12.5. The first-order valence-corrected chi connectivity index (χ1v) is 8.93. The van der Waals surface area contributed by atoms with E-state index in [0.29, 0.717) is 11.3 Å². The molecule has 0 bridgehead atoms. The summed E-state index contributed by atoms with van der Waals surface area (Å²) in [5.41, 5.74) is 2.98. The smallest absolute Gasteiger partial charge is 0.318 e. The summed E-state index contributed by atoms with van der Waals surface area (Å²) in [7, 11) is 3.46. The van der Waals surface area contributed by atoms with Gasteiger partial charge < -0.3 is 30.6 Å². The molecule has 0 aliphatic carbocycles. The van der Waals surface area contributed by atoms with E-state index in [9.17, 15) is 9.59 Å². The summed E-state index contributed by atoms with van der Waals surface area (Å²) >= 11 is 0. The van der Waals surface area contributed by atoms with Crippen molar-refractivity contribution in [2.45, 2.75) is 0 Å². The van der Waals surface area contributed by atoms with Gasteiger partial charge in [0.05, 0.1) is 13.2 Å². The predicted octanol–water partition coefficient (Wildman–Crippen LogP) is 1.63. The van der Waals surface area contributed by atoms with E-state index in [4.69, 9.17) is 10.2 Å². The van der Waals surface area contributed by atoms with Gasteiger partial charge in [-0.3, -0.25) is 4.79 Å². The molecular formula is C20H26N4O4. The minimum Gasteiger partial charge on any atom is -0.395 e. The molecule has 2 aromatic rings. The Labute approximate surface area is 164 Å². The van der Waals surface area contributed by atoms with Gasteiger partial charge in [-0.2, -0.15) is 0 Å². The van der Waals surface area contributed by atoms with Crippen LogP contribution in [0.4, 0.5) is 21.9 Å². The minimum absolute atomic E-state index is 0.155. The minimum atomic E-state index is -0.280. The number of benzene rings is 2. The molecule has 0 saturated carbocycles. The highest BCUT2D eigenvalue weighted by Crippen LogP contribution is 2.25. The van der Waals surface area contributed by atoms with Gasteiger partial charge in [0.15, 0.2) is 0 Å². The average molecular weight is 386 g/mol. The Balaban J connectivity index is 2.09. The van der Waals surface area contributed by atoms with Crippen molar-refractivity contribution in [2.24, 2.45) is 0 Å². The third-order valence-electron chi connectivity index (χ3n) is 4.27. The fourth-order valence-corrected chi connectivity index (χ4v) is 2.68. The van der Waals surface area contributed by atoms with Crippen LogP contribution in [0.25, 0.3) is 0 Å². The molecule has 2 aromatic carbocycles. The van der Waals surface area contributed by atoms with Gasteiger partial charge in [-0.25, -0.2) is 4.79 Å². The van der Waals surface area contributed by atoms with Crippen LogP contribution in [0.5, 0.6) is 0 Å². The Kier molecular flexibility index (Phi) is 7.79. The van der Waals surface area contributed by atoms with Crippen LogP contribution in [0.3, 0.4) is 0 Å². The fraction of sp³-hybridized carbons (Fsp3) is 0.300. The molecule has 8 nitrogen and oxygen atoms in total. The van der Waals surface area contributed by atoms with Crippen LogP contribution >= 0.6 is 0 Å². The van der Waals surface area contributed by atoms with Gasteiger partial charge >= 0.3 is 6.03 Å². The zero-order valence-corrected chi connectivity index (χ0v) is 16.1. The maximum Gasteiger partial charge on any atom is 0.318 e. The molecule has 0 atom stereocenters. The predicted molar refractivity (Wildman–Crippen MR) is 109 cm³/mol. The summed E-state index contributed by atoms with van der Waals surface area (Å²) in [4.78, 5) is 27.2. The number of rotatable bonds is 8. The van der Waals surface area contributed by atoms with Gasteiger partial charge in [0, 0.05) is 49.8 Å². The lowest BCUT2D eigenvalue weighted by Crippen LogP contribution is -2.35. The molecule has 0 heterocycles. The molecule has 0 radical (unpaired) electrons. The second kappa shape index (κ2) is 10.3. The normalized spacial score (nSPS) is 10.3. The van der Waals surface area contributed by atoms with Gasteiger partial charge in [0.2, 0.25) is 0 Å². The Morgan fingerprint density at radius 1 is 0.893 bits per heavy atom. The number of anilines is 3. The summed E-state index contributed by atoms with van der Waals surface area (Å²) in [5.74, 6) is -0.234. The Hall–Kier alpha value is -3.10. The van der Waals surface area contributed by atoms with Crippen LogP contribution in [0.2, 0.25) is 0 Å². The Morgan fingerprint density at radius 3 is 1.86 bits per heavy atom. The zero-order chi connectivity index (χ0) is 20.5. The van der Waals surface area contributed by atoms with E-state index in [1.165, 1.54) is 4.90 Å². The van der Waals surface area contributed by atoms with E-state index in [-0.39, 0.29) is 38.2 Å². The number of hydrogen-bond acceptors (Lipinski definition) is 5. The van der Waals surface area contributed by atoms with Crippen molar-refractivity contribution >= 4 is 29.0 Å². The monoisotopic (exact) mass is 386 g/mol. The number of hydrogen-bond donors (Lipinski definition) is 4. The van der Waals surface area contributed by atoms with Crippen molar-refractivity contribution in [3.63, 3.8) is 0 Å².